The number of imidazole rings is 1. The third-order valence-corrected chi connectivity index (χ3v) is 5.07. The second-order valence-corrected chi connectivity index (χ2v) is 7.38. The number of hydrogen-bond acceptors (Lipinski definition) is 5. The Balaban J connectivity index is 1.41. The highest BCUT2D eigenvalue weighted by Gasteiger charge is 2.13. The first-order valence-corrected chi connectivity index (χ1v) is 9.93. The van der Waals surface area contributed by atoms with Crippen LogP contribution in [0.15, 0.2) is 47.6 Å². The van der Waals surface area contributed by atoms with Crippen molar-refractivity contribution in [2.45, 2.75) is 18.0 Å². The maximum atomic E-state index is 12.2. The third-order valence-electron chi connectivity index (χ3n) is 3.88. The molecule has 0 fully saturated rings. The van der Waals surface area contributed by atoms with Crippen LogP contribution in [0, 0.1) is 0 Å². The van der Waals surface area contributed by atoms with Gasteiger partial charge in [-0.1, -0.05) is 35.5 Å². The summed E-state index contributed by atoms with van der Waals surface area (Å²) in [5, 5.41) is 1.22. The molecule has 0 aliphatic rings. The molecule has 0 saturated carbocycles. The number of halogens is 1. The Bertz CT molecular complexity index is 959. The number of ether oxygens (including phenoxy) is 1. The van der Waals surface area contributed by atoms with E-state index in [0.29, 0.717) is 17.2 Å². The molecule has 28 heavy (non-hydrogen) atoms. The van der Waals surface area contributed by atoms with E-state index in [1.807, 2.05) is 24.3 Å². The number of hydrazine groups is 1. The van der Waals surface area contributed by atoms with Gasteiger partial charge < -0.3 is 9.72 Å². The summed E-state index contributed by atoms with van der Waals surface area (Å²) in [5.41, 5.74) is 6.93. The maximum absolute atomic E-state index is 12.2. The molecule has 3 aromatic rings. The molecule has 0 bridgehead atoms. The minimum atomic E-state index is -0.496. The van der Waals surface area contributed by atoms with Crippen molar-refractivity contribution in [3.8, 4) is 5.75 Å². The lowest BCUT2D eigenvalue weighted by molar-refractivity contribution is -0.121. The number of rotatable bonds is 7. The Morgan fingerprint density at radius 2 is 2.04 bits per heavy atom. The van der Waals surface area contributed by atoms with Crippen LogP contribution in [0.3, 0.4) is 0 Å². The molecule has 2 amide bonds. The summed E-state index contributed by atoms with van der Waals surface area (Å²) >= 11 is 7.46. The van der Waals surface area contributed by atoms with Crippen molar-refractivity contribution in [3.63, 3.8) is 0 Å². The zero-order valence-corrected chi connectivity index (χ0v) is 16.7. The van der Waals surface area contributed by atoms with Crippen LogP contribution in [-0.2, 0) is 4.79 Å². The van der Waals surface area contributed by atoms with Crippen molar-refractivity contribution in [1.82, 2.24) is 20.8 Å². The predicted molar refractivity (Wildman–Crippen MR) is 110 cm³/mol. The highest BCUT2D eigenvalue weighted by molar-refractivity contribution is 7.99. The van der Waals surface area contributed by atoms with E-state index in [9.17, 15) is 9.59 Å². The lowest BCUT2D eigenvalue weighted by Crippen LogP contribution is -2.41. The molecule has 9 heteroatoms. The van der Waals surface area contributed by atoms with E-state index < -0.39 is 5.91 Å². The fourth-order valence-electron chi connectivity index (χ4n) is 2.51. The molecule has 1 aromatic heterocycles. The largest absolute Gasteiger partial charge is 0.496 e. The quantitative estimate of drug-likeness (QED) is 0.310. The van der Waals surface area contributed by atoms with Gasteiger partial charge in [-0.15, -0.1) is 0 Å². The third kappa shape index (κ3) is 5.17. The van der Waals surface area contributed by atoms with Gasteiger partial charge in [0.05, 0.1) is 23.7 Å². The first-order valence-electron chi connectivity index (χ1n) is 8.57. The fraction of sp³-hybridized carbons (Fsp3) is 0.211. The number of aromatic nitrogens is 2. The molecule has 3 N–H and O–H groups in total. The standard InChI is InChI=1S/C19H19ClN4O3S/c1-27-16-9-8-12(20)11-13(16)18(26)24-23-17(25)7-4-10-28-19-21-14-5-2-3-6-15(14)22-19/h2-3,5-6,8-9,11H,4,7,10H2,1H3,(H,21,22)(H,23,25)(H,24,26). The second-order valence-electron chi connectivity index (χ2n) is 5.86. The van der Waals surface area contributed by atoms with E-state index in [2.05, 4.69) is 20.8 Å². The molecular formula is C19H19ClN4O3S. The van der Waals surface area contributed by atoms with Gasteiger partial charge in [-0.25, -0.2) is 4.98 Å². The smallest absolute Gasteiger partial charge is 0.273 e. The molecule has 0 atom stereocenters. The van der Waals surface area contributed by atoms with Gasteiger partial charge in [0.1, 0.15) is 5.75 Å². The van der Waals surface area contributed by atoms with Crippen molar-refractivity contribution >= 4 is 46.2 Å². The maximum Gasteiger partial charge on any atom is 0.273 e. The number of nitrogens with zero attached hydrogens (tertiary/aromatic N) is 1. The number of thioether (sulfide) groups is 1. The number of methoxy groups -OCH3 is 1. The summed E-state index contributed by atoms with van der Waals surface area (Å²) in [5.74, 6) is 0.325. The molecule has 0 aliphatic carbocycles. The Labute approximate surface area is 171 Å². The minimum absolute atomic E-state index is 0.246. The molecule has 7 nitrogen and oxygen atoms in total. The summed E-state index contributed by atoms with van der Waals surface area (Å²) in [6.07, 6.45) is 0.921. The lowest BCUT2D eigenvalue weighted by atomic mass is 10.2. The highest BCUT2D eigenvalue weighted by Crippen LogP contribution is 2.22. The summed E-state index contributed by atoms with van der Waals surface area (Å²) < 4.78 is 5.13. The highest BCUT2D eigenvalue weighted by atomic mass is 35.5. The molecule has 3 rings (SSSR count). The molecule has 1 heterocycles. The van der Waals surface area contributed by atoms with Crippen LogP contribution >= 0.6 is 23.4 Å². The Hall–Kier alpha value is -2.71. The first kappa shape index (κ1) is 20.0. The van der Waals surface area contributed by atoms with Crippen molar-refractivity contribution in [3.05, 3.63) is 53.1 Å². The monoisotopic (exact) mass is 418 g/mol. The summed E-state index contributed by atoms with van der Waals surface area (Å²) in [6, 6.07) is 12.5. The number of carbonyl (C=O) groups excluding carboxylic acids is 2. The van der Waals surface area contributed by atoms with Crippen molar-refractivity contribution in [2.75, 3.05) is 12.9 Å². The average Bonchev–Trinajstić information content (AvgIpc) is 3.12. The first-order chi connectivity index (χ1) is 13.6. The van der Waals surface area contributed by atoms with Gasteiger partial charge in [0.15, 0.2) is 5.16 Å². The van der Waals surface area contributed by atoms with E-state index in [4.69, 9.17) is 16.3 Å². The second kappa shape index (κ2) is 9.48. The SMILES string of the molecule is COc1ccc(Cl)cc1C(=O)NNC(=O)CCCSc1nc2ccccc2[nH]1. The normalized spacial score (nSPS) is 10.6. The van der Waals surface area contributed by atoms with Crippen LogP contribution in [0.5, 0.6) is 5.75 Å². The number of hydrogen-bond donors (Lipinski definition) is 3. The lowest BCUT2D eigenvalue weighted by Gasteiger charge is -2.10. The number of H-pyrrole nitrogens is 1. The van der Waals surface area contributed by atoms with Crippen molar-refractivity contribution in [1.29, 1.82) is 0 Å². The van der Waals surface area contributed by atoms with Crippen LogP contribution in [0.2, 0.25) is 5.02 Å². The predicted octanol–water partition coefficient (Wildman–Crippen LogP) is 3.56. The number of nitrogens with one attached hydrogen (secondary N) is 3. The van der Waals surface area contributed by atoms with E-state index >= 15 is 0 Å². The summed E-state index contributed by atoms with van der Waals surface area (Å²) in [4.78, 5) is 31.8. The number of para-hydroxylation sites is 2. The summed E-state index contributed by atoms with van der Waals surface area (Å²) in [7, 11) is 1.46. The number of amides is 2. The molecule has 0 unspecified atom stereocenters. The fourth-order valence-corrected chi connectivity index (χ4v) is 3.51. The molecule has 146 valence electrons. The van der Waals surface area contributed by atoms with E-state index in [-0.39, 0.29) is 17.9 Å². The zero-order chi connectivity index (χ0) is 19.9. The van der Waals surface area contributed by atoms with E-state index in [1.54, 1.807) is 23.9 Å². The van der Waals surface area contributed by atoms with Gasteiger partial charge >= 0.3 is 0 Å². The molecule has 0 radical (unpaired) electrons. The Morgan fingerprint density at radius 3 is 2.82 bits per heavy atom. The molecule has 0 aliphatic heterocycles. The van der Waals surface area contributed by atoms with Gasteiger partial charge in [0.2, 0.25) is 5.91 Å². The number of benzene rings is 2. The number of fused-ring (bicyclic) bond motifs is 1. The molecule has 0 spiro atoms. The minimum Gasteiger partial charge on any atom is -0.496 e. The topological polar surface area (TPSA) is 96.1 Å². The molecule has 0 saturated heterocycles. The van der Waals surface area contributed by atoms with Crippen LogP contribution in [0.25, 0.3) is 11.0 Å². The van der Waals surface area contributed by atoms with Crippen molar-refractivity contribution < 1.29 is 14.3 Å². The molecule has 2 aromatic carbocycles. The van der Waals surface area contributed by atoms with Crippen LogP contribution in [0.4, 0.5) is 0 Å². The van der Waals surface area contributed by atoms with Crippen LogP contribution in [0.1, 0.15) is 23.2 Å². The van der Waals surface area contributed by atoms with Crippen LogP contribution < -0.4 is 15.6 Å². The Kier molecular flexibility index (Phi) is 6.78. The van der Waals surface area contributed by atoms with Gasteiger partial charge in [-0.2, -0.15) is 0 Å². The average molecular weight is 419 g/mol. The number of carbonyl (C=O) groups is 2. The molecular weight excluding hydrogens is 400 g/mol. The zero-order valence-electron chi connectivity index (χ0n) is 15.1. The van der Waals surface area contributed by atoms with E-state index in [0.717, 1.165) is 21.9 Å². The van der Waals surface area contributed by atoms with Crippen LogP contribution in [-0.4, -0.2) is 34.6 Å². The van der Waals surface area contributed by atoms with Crippen molar-refractivity contribution in [2.24, 2.45) is 0 Å². The number of aromatic amines is 1. The van der Waals surface area contributed by atoms with Gasteiger partial charge in [-0.05, 0) is 36.8 Å². The summed E-state index contributed by atoms with van der Waals surface area (Å²) in [6.45, 7) is 0. The van der Waals surface area contributed by atoms with E-state index in [1.165, 1.54) is 13.2 Å². The van der Waals surface area contributed by atoms with Gasteiger partial charge in [0, 0.05) is 17.2 Å². The Morgan fingerprint density at radius 1 is 1.21 bits per heavy atom. The van der Waals surface area contributed by atoms with Gasteiger partial charge in [-0.3, -0.25) is 20.4 Å². The van der Waals surface area contributed by atoms with Gasteiger partial charge in [0.25, 0.3) is 5.91 Å².